The van der Waals surface area contributed by atoms with Crippen LogP contribution in [0.3, 0.4) is 0 Å². The van der Waals surface area contributed by atoms with Gasteiger partial charge in [-0.15, -0.1) is 0 Å². The molecule has 1 aliphatic carbocycles. The molecule has 90 valence electrons. The van der Waals surface area contributed by atoms with Crippen LogP contribution in [-0.4, -0.2) is 12.3 Å². The number of hydrogen-bond donors (Lipinski definition) is 1. The Bertz CT molecular complexity index is 548. The molecule has 0 amide bonds. The standard InChI is InChI=1S/C15H15N3/c16-8-10-1-3-11(4-2-10)15-6-5-12(9-18-15)13-7-14(13)17/h1-4,6,9,12-14H,5,7,17H2/t12?,13-,14+/m1/s1. The molecular formula is C15H15N3. The van der Waals surface area contributed by atoms with E-state index in [1.165, 1.54) is 0 Å². The fourth-order valence-corrected chi connectivity index (χ4v) is 2.46. The van der Waals surface area contributed by atoms with Crippen molar-refractivity contribution in [2.45, 2.75) is 18.9 Å². The van der Waals surface area contributed by atoms with Gasteiger partial charge < -0.3 is 5.73 Å². The van der Waals surface area contributed by atoms with Gasteiger partial charge in [0.2, 0.25) is 0 Å². The van der Waals surface area contributed by atoms with Crippen molar-refractivity contribution < 1.29 is 0 Å². The van der Waals surface area contributed by atoms with Crippen LogP contribution in [0.15, 0.2) is 35.3 Å². The van der Waals surface area contributed by atoms with Gasteiger partial charge in [0, 0.05) is 18.2 Å². The number of nitrogens with zero attached hydrogens (tertiary/aromatic N) is 2. The van der Waals surface area contributed by atoms with E-state index in [-0.39, 0.29) is 0 Å². The summed E-state index contributed by atoms with van der Waals surface area (Å²) in [5, 5.41) is 8.76. The third-order valence-corrected chi connectivity index (χ3v) is 3.74. The number of rotatable bonds is 2. The number of aliphatic imine (C=N–C) groups is 1. The predicted molar refractivity (Wildman–Crippen MR) is 71.8 cm³/mol. The fourth-order valence-electron chi connectivity index (χ4n) is 2.46. The Balaban J connectivity index is 1.73. The van der Waals surface area contributed by atoms with Gasteiger partial charge in [-0.1, -0.05) is 18.2 Å². The van der Waals surface area contributed by atoms with Gasteiger partial charge in [-0.05, 0) is 36.5 Å². The lowest BCUT2D eigenvalue weighted by Gasteiger charge is -2.15. The molecule has 3 rings (SSSR count). The molecule has 3 nitrogen and oxygen atoms in total. The Hall–Kier alpha value is -1.92. The van der Waals surface area contributed by atoms with E-state index >= 15 is 0 Å². The quantitative estimate of drug-likeness (QED) is 0.858. The van der Waals surface area contributed by atoms with E-state index in [1.807, 2.05) is 30.5 Å². The summed E-state index contributed by atoms with van der Waals surface area (Å²) in [6.45, 7) is 0. The first kappa shape index (κ1) is 11.2. The number of allylic oxidation sites excluding steroid dienone is 1. The molecule has 1 unspecified atom stereocenters. The Morgan fingerprint density at radius 2 is 2.00 bits per heavy atom. The summed E-state index contributed by atoms with van der Waals surface area (Å²) in [4.78, 5) is 4.53. The zero-order valence-electron chi connectivity index (χ0n) is 10.1. The third-order valence-electron chi connectivity index (χ3n) is 3.74. The second-order valence-corrected chi connectivity index (χ2v) is 5.02. The summed E-state index contributed by atoms with van der Waals surface area (Å²) in [7, 11) is 0. The van der Waals surface area contributed by atoms with Crippen LogP contribution in [0.5, 0.6) is 0 Å². The summed E-state index contributed by atoms with van der Waals surface area (Å²) in [6.07, 6.45) is 6.38. The zero-order chi connectivity index (χ0) is 12.5. The minimum Gasteiger partial charge on any atom is -0.327 e. The van der Waals surface area contributed by atoms with Gasteiger partial charge in [-0.25, -0.2) is 0 Å². The van der Waals surface area contributed by atoms with Crippen LogP contribution < -0.4 is 5.73 Å². The summed E-state index contributed by atoms with van der Waals surface area (Å²) < 4.78 is 0. The molecule has 1 heterocycles. The van der Waals surface area contributed by atoms with Crippen molar-refractivity contribution in [2.24, 2.45) is 22.6 Å². The Kier molecular flexibility index (Phi) is 2.73. The molecule has 0 aromatic heterocycles. The molecule has 18 heavy (non-hydrogen) atoms. The maximum atomic E-state index is 8.76. The summed E-state index contributed by atoms with van der Waals surface area (Å²) in [6, 6.07) is 10.1. The number of nitrogens with two attached hydrogens (primary N) is 1. The van der Waals surface area contributed by atoms with E-state index in [0.717, 1.165) is 24.1 Å². The largest absolute Gasteiger partial charge is 0.327 e. The molecule has 3 heteroatoms. The maximum Gasteiger partial charge on any atom is 0.0991 e. The minimum atomic E-state index is 0.381. The first-order chi connectivity index (χ1) is 8.78. The first-order valence-electron chi connectivity index (χ1n) is 6.28. The third kappa shape index (κ3) is 2.07. The monoisotopic (exact) mass is 237 g/mol. The van der Waals surface area contributed by atoms with Crippen LogP contribution in [0.25, 0.3) is 5.70 Å². The lowest BCUT2D eigenvalue weighted by Crippen LogP contribution is -2.13. The van der Waals surface area contributed by atoms with Gasteiger partial charge in [-0.2, -0.15) is 5.26 Å². The van der Waals surface area contributed by atoms with Crippen LogP contribution in [0, 0.1) is 23.2 Å². The van der Waals surface area contributed by atoms with E-state index in [9.17, 15) is 0 Å². The van der Waals surface area contributed by atoms with Gasteiger partial charge in [0.15, 0.2) is 0 Å². The highest BCUT2D eigenvalue weighted by atomic mass is 14.8. The number of nitriles is 1. The van der Waals surface area contributed by atoms with Crippen molar-refractivity contribution in [1.29, 1.82) is 5.26 Å². The van der Waals surface area contributed by atoms with Gasteiger partial charge in [0.25, 0.3) is 0 Å². The summed E-state index contributed by atoms with van der Waals surface area (Å²) in [5.74, 6) is 1.15. The van der Waals surface area contributed by atoms with Gasteiger partial charge in [0.05, 0.1) is 17.3 Å². The van der Waals surface area contributed by atoms with Gasteiger partial charge >= 0.3 is 0 Å². The molecule has 2 N–H and O–H groups in total. The van der Waals surface area contributed by atoms with E-state index in [0.29, 0.717) is 23.4 Å². The van der Waals surface area contributed by atoms with E-state index < -0.39 is 0 Å². The van der Waals surface area contributed by atoms with Crippen molar-refractivity contribution in [1.82, 2.24) is 0 Å². The fraction of sp³-hybridized carbons (Fsp3) is 0.333. The summed E-state index contributed by atoms with van der Waals surface area (Å²) >= 11 is 0. The lowest BCUT2D eigenvalue weighted by atomic mass is 9.96. The van der Waals surface area contributed by atoms with Crippen LogP contribution in [0.2, 0.25) is 0 Å². The highest BCUT2D eigenvalue weighted by Gasteiger charge is 2.39. The van der Waals surface area contributed by atoms with Crippen molar-refractivity contribution in [3.05, 3.63) is 41.5 Å². The molecule has 0 saturated heterocycles. The van der Waals surface area contributed by atoms with E-state index in [1.54, 1.807) is 0 Å². The molecule has 1 aliphatic heterocycles. The topological polar surface area (TPSA) is 62.2 Å². The highest BCUT2D eigenvalue weighted by molar-refractivity contribution is 5.78. The molecule has 1 saturated carbocycles. The molecule has 1 aromatic rings. The SMILES string of the molecule is N#Cc1ccc(C2=CCC([C@H]3C[C@@H]3N)C=N2)cc1. The van der Waals surface area contributed by atoms with Crippen molar-refractivity contribution in [3.8, 4) is 6.07 Å². The average Bonchev–Trinajstić information content (AvgIpc) is 3.16. The van der Waals surface area contributed by atoms with E-state index in [2.05, 4.69) is 17.1 Å². The van der Waals surface area contributed by atoms with Gasteiger partial charge in [-0.3, -0.25) is 4.99 Å². The number of hydrogen-bond acceptors (Lipinski definition) is 3. The van der Waals surface area contributed by atoms with Crippen molar-refractivity contribution in [2.75, 3.05) is 0 Å². The first-order valence-corrected chi connectivity index (χ1v) is 6.28. The van der Waals surface area contributed by atoms with Crippen LogP contribution >= 0.6 is 0 Å². The normalized spacial score (nSPS) is 29.6. The lowest BCUT2D eigenvalue weighted by molar-refractivity contribution is 0.602. The van der Waals surface area contributed by atoms with Crippen molar-refractivity contribution in [3.63, 3.8) is 0 Å². The summed E-state index contributed by atoms with van der Waals surface area (Å²) in [5.41, 5.74) is 8.62. The predicted octanol–water partition coefficient (Wildman–Crippen LogP) is 2.34. The van der Waals surface area contributed by atoms with Gasteiger partial charge in [0.1, 0.15) is 0 Å². The molecule has 1 fully saturated rings. The minimum absolute atomic E-state index is 0.381. The molecule has 2 aliphatic rings. The second-order valence-electron chi connectivity index (χ2n) is 5.02. The second kappa shape index (κ2) is 4.40. The van der Waals surface area contributed by atoms with Crippen molar-refractivity contribution >= 4 is 11.9 Å². The Morgan fingerprint density at radius 1 is 1.28 bits per heavy atom. The molecule has 3 atom stereocenters. The molecule has 0 radical (unpaired) electrons. The van der Waals surface area contributed by atoms with Crippen LogP contribution in [-0.2, 0) is 0 Å². The molecule has 1 aromatic carbocycles. The smallest absolute Gasteiger partial charge is 0.0991 e. The highest BCUT2D eigenvalue weighted by Crippen LogP contribution is 2.39. The molecule has 0 bridgehead atoms. The molecular weight excluding hydrogens is 222 g/mol. The van der Waals surface area contributed by atoms with Crippen LogP contribution in [0.4, 0.5) is 0 Å². The number of benzene rings is 1. The Labute approximate surface area is 107 Å². The molecule has 0 spiro atoms. The Morgan fingerprint density at radius 3 is 2.50 bits per heavy atom. The maximum absolute atomic E-state index is 8.76. The van der Waals surface area contributed by atoms with E-state index in [4.69, 9.17) is 11.0 Å². The average molecular weight is 237 g/mol. The van der Waals surface area contributed by atoms with Crippen LogP contribution in [0.1, 0.15) is 24.0 Å². The zero-order valence-corrected chi connectivity index (χ0v) is 10.1.